The lowest BCUT2D eigenvalue weighted by Gasteiger charge is -2.20. The molecule has 0 spiro atoms. The fraction of sp³-hybridized carbons (Fsp3) is 0.357. The van der Waals surface area contributed by atoms with E-state index in [1.165, 1.54) is 0 Å². The molecule has 2 N–H and O–H groups in total. The highest BCUT2D eigenvalue weighted by molar-refractivity contribution is 9.10. The Balaban J connectivity index is 2.30. The number of para-hydroxylation sites is 1. The first-order chi connectivity index (χ1) is 9.69. The number of aliphatic hydroxyl groups is 1. The summed E-state index contributed by atoms with van der Waals surface area (Å²) in [5, 5.41) is 10.0. The summed E-state index contributed by atoms with van der Waals surface area (Å²) in [7, 11) is 1.58. The lowest BCUT2D eigenvalue weighted by molar-refractivity contribution is 0.0651. The molecule has 20 heavy (non-hydrogen) atoms. The molecule has 0 bridgehead atoms. The number of methoxy groups -OCH3 is 1. The van der Waals surface area contributed by atoms with Gasteiger partial charge in [0.2, 0.25) is 0 Å². The lowest BCUT2D eigenvalue weighted by atomic mass is 10.2. The largest absolute Gasteiger partial charge is 0.395 e. The van der Waals surface area contributed by atoms with Crippen LogP contribution in [0.1, 0.15) is 10.5 Å². The van der Waals surface area contributed by atoms with Crippen molar-refractivity contribution in [3.63, 3.8) is 0 Å². The average molecular weight is 341 g/mol. The number of aromatic amines is 1. The van der Waals surface area contributed by atoms with Gasteiger partial charge in [0.15, 0.2) is 0 Å². The maximum absolute atomic E-state index is 12.5. The van der Waals surface area contributed by atoms with E-state index < -0.39 is 0 Å². The third kappa shape index (κ3) is 3.03. The number of halogens is 1. The van der Waals surface area contributed by atoms with Crippen molar-refractivity contribution in [2.75, 3.05) is 33.4 Å². The van der Waals surface area contributed by atoms with Gasteiger partial charge in [-0.15, -0.1) is 0 Å². The minimum Gasteiger partial charge on any atom is -0.395 e. The van der Waals surface area contributed by atoms with Crippen LogP contribution < -0.4 is 0 Å². The van der Waals surface area contributed by atoms with Gasteiger partial charge in [0.05, 0.1) is 17.7 Å². The number of aromatic nitrogens is 1. The third-order valence-electron chi connectivity index (χ3n) is 3.08. The molecule has 2 aromatic rings. The van der Waals surface area contributed by atoms with E-state index >= 15 is 0 Å². The van der Waals surface area contributed by atoms with Crippen LogP contribution in [0.15, 0.2) is 28.7 Å². The van der Waals surface area contributed by atoms with Crippen molar-refractivity contribution in [2.24, 2.45) is 0 Å². The molecule has 0 saturated heterocycles. The zero-order valence-electron chi connectivity index (χ0n) is 11.2. The number of carbonyl (C=O) groups is 1. The summed E-state index contributed by atoms with van der Waals surface area (Å²) >= 11 is 3.47. The summed E-state index contributed by atoms with van der Waals surface area (Å²) in [4.78, 5) is 17.2. The van der Waals surface area contributed by atoms with E-state index in [4.69, 9.17) is 9.84 Å². The van der Waals surface area contributed by atoms with Crippen LogP contribution in [0, 0.1) is 0 Å². The Bertz CT molecular complexity index is 597. The van der Waals surface area contributed by atoms with Crippen LogP contribution in [0.25, 0.3) is 10.9 Å². The second-order valence-electron chi connectivity index (χ2n) is 4.37. The summed E-state index contributed by atoms with van der Waals surface area (Å²) in [6.45, 7) is 1.08. The lowest BCUT2D eigenvalue weighted by Crippen LogP contribution is -2.36. The van der Waals surface area contributed by atoms with Crippen molar-refractivity contribution in [1.29, 1.82) is 0 Å². The van der Waals surface area contributed by atoms with Gasteiger partial charge in [0, 0.05) is 31.1 Å². The number of ether oxygens (including phenoxy) is 1. The predicted octanol–water partition coefficient (Wildman–Crippen LogP) is 2.01. The zero-order valence-corrected chi connectivity index (χ0v) is 12.8. The van der Waals surface area contributed by atoms with Crippen LogP contribution in [-0.4, -0.2) is 54.3 Å². The molecule has 0 fully saturated rings. The molecule has 0 saturated carbocycles. The molecule has 2 rings (SSSR count). The Morgan fingerprint density at radius 3 is 2.80 bits per heavy atom. The average Bonchev–Trinajstić information content (AvgIpc) is 2.80. The number of aliphatic hydroxyl groups excluding tert-OH is 1. The topological polar surface area (TPSA) is 65.6 Å². The predicted molar refractivity (Wildman–Crippen MR) is 80.9 cm³/mol. The molecule has 0 unspecified atom stereocenters. The van der Waals surface area contributed by atoms with Crippen LogP contribution in [-0.2, 0) is 4.74 Å². The molecule has 6 heteroatoms. The fourth-order valence-corrected chi connectivity index (χ4v) is 2.66. The molecule has 0 aliphatic heterocycles. The second kappa shape index (κ2) is 6.88. The molecule has 0 radical (unpaired) electrons. The Morgan fingerprint density at radius 1 is 1.40 bits per heavy atom. The first-order valence-corrected chi connectivity index (χ1v) is 7.13. The number of hydrogen-bond donors (Lipinski definition) is 2. The van der Waals surface area contributed by atoms with Gasteiger partial charge in [0.1, 0.15) is 5.69 Å². The summed E-state index contributed by atoms with van der Waals surface area (Å²) in [5.41, 5.74) is 1.40. The number of H-pyrrole nitrogens is 1. The number of rotatable bonds is 6. The number of nitrogens with zero attached hydrogens (tertiary/aromatic N) is 1. The number of benzene rings is 1. The normalized spacial score (nSPS) is 10.9. The van der Waals surface area contributed by atoms with Gasteiger partial charge in [-0.05, 0) is 22.0 Å². The number of hydrogen-bond acceptors (Lipinski definition) is 3. The van der Waals surface area contributed by atoms with Gasteiger partial charge in [-0.1, -0.05) is 18.2 Å². The minimum absolute atomic E-state index is 0.0761. The first-order valence-electron chi connectivity index (χ1n) is 6.34. The highest BCUT2D eigenvalue weighted by Crippen LogP contribution is 2.28. The Hall–Kier alpha value is -1.37. The van der Waals surface area contributed by atoms with E-state index in [9.17, 15) is 4.79 Å². The van der Waals surface area contributed by atoms with Crippen molar-refractivity contribution in [3.8, 4) is 0 Å². The monoisotopic (exact) mass is 340 g/mol. The maximum atomic E-state index is 12.5. The molecule has 1 heterocycles. The van der Waals surface area contributed by atoms with Crippen LogP contribution >= 0.6 is 15.9 Å². The smallest absolute Gasteiger partial charge is 0.271 e. The highest BCUT2D eigenvalue weighted by atomic mass is 79.9. The first kappa shape index (κ1) is 15.0. The van der Waals surface area contributed by atoms with E-state index in [-0.39, 0.29) is 19.1 Å². The molecule has 1 aromatic heterocycles. The minimum atomic E-state index is -0.154. The Kier molecular flexibility index (Phi) is 5.17. The van der Waals surface area contributed by atoms with Crippen molar-refractivity contribution in [3.05, 3.63) is 34.4 Å². The number of amides is 1. The number of carbonyl (C=O) groups excluding carboxylic acids is 1. The molecule has 1 amide bonds. The van der Waals surface area contributed by atoms with Crippen molar-refractivity contribution >= 4 is 32.7 Å². The molecule has 5 nitrogen and oxygen atoms in total. The zero-order chi connectivity index (χ0) is 14.5. The quantitative estimate of drug-likeness (QED) is 0.845. The summed E-state index contributed by atoms with van der Waals surface area (Å²) < 4.78 is 5.74. The van der Waals surface area contributed by atoms with Gasteiger partial charge in [-0.2, -0.15) is 0 Å². The molecule has 0 atom stereocenters. The highest BCUT2D eigenvalue weighted by Gasteiger charge is 2.21. The van der Waals surface area contributed by atoms with Crippen LogP contribution in [0.2, 0.25) is 0 Å². The van der Waals surface area contributed by atoms with E-state index in [1.54, 1.807) is 12.0 Å². The number of nitrogens with one attached hydrogen (secondary N) is 1. The number of fused-ring (bicyclic) bond motifs is 1. The molecular formula is C14H17BrN2O3. The molecule has 0 aliphatic rings. The van der Waals surface area contributed by atoms with Gasteiger partial charge in [-0.25, -0.2) is 0 Å². The van der Waals surface area contributed by atoms with Gasteiger partial charge >= 0.3 is 0 Å². The Morgan fingerprint density at radius 2 is 2.15 bits per heavy atom. The fourth-order valence-electron chi connectivity index (χ4n) is 2.05. The van der Waals surface area contributed by atoms with Crippen LogP contribution in [0.5, 0.6) is 0 Å². The van der Waals surface area contributed by atoms with E-state index in [2.05, 4.69) is 20.9 Å². The Labute approximate surface area is 125 Å². The van der Waals surface area contributed by atoms with Crippen molar-refractivity contribution in [2.45, 2.75) is 0 Å². The molecule has 1 aromatic carbocycles. The molecular weight excluding hydrogens is 324 g/mol. The SMILES string of the molecule is COCCN(CCO)C(=O)c1[nH]c2ccccc2c1Br. The third-order valence-corrected chi connectivity index (χ3v) is 3.90. The molecule has 108 valence electrons. The molecule has 0 aliphatic carbocycles. The maximum Gasteiger partial charge on any atom is 0.271 e. The van der Waals surface area contributed by atoms with E-state index in [1.807, 2.05) is 24.3 Å². The van der Waals surface area contributed by atoms with Crippen LogP contribution in [0.4, 0.5) is 0 Å². The van der Waals surface area contributed by atoms with Gasteiger partial charge in [-0.3, -0.25) is 4.79 Å². The summed E-state index contributed by atoms with van der Waals surface area (Å²) in [5.74, 6) is -0.154. The standard InChI is InChI=1S/C14H17BrN2O3/c1-20-9-7-17(6-8-18)14(19)13-12(15)10-4-2-3-5-11(10)16-13/h2-5,16,18H,6-9H2,1H3. The van der Waals surface area contributed by atoms with Crippen LogP contribution in [0.3, 0.4) is 0 Å². The van der Waals surface area contributed by atoms with Crippen molar-refractivity contribution < 1.29 is 14.6 Å². The van der Waals surface area contributed by atoms with Gasteiger partial charge < -0.3 is 19.7 Å². The summed E-state index contributed by atoms with van der Waals surface area (Å²) in [6.07, 6.45) is 0. The van der Waals surface area contributed by atoms with E-state index in [0.29, 0.717) is 18.8 Å². The second-order valence-corrected chi connectivity index (χ2v) is 5.16. The summed E-state index contributed by atoms with van der Waals surface area (Å²) in [6, 6.07) is 7.70. The van der Waals surface area contributed by atoms with E-state index in [0.717, 1.165) is 15.4 Å². The van der Waals surface area contributed by atoms with Crippen molar-refractivity contribution in [1.82, 2.24) is 9.88 Å². The van der Waals surface area contributed by atoms with Gasteiger partial charge in [0.25, 0.3) is 5.91 Å².